The minimum atomic E-state index is 0.120. The summed E-state index contributed by atoms with van der Waals surface area (Å²) in [7, 11) is 0. The molecule has 5 nitrogen and oxygen atoms in total. The summed E-state index contributed by atoms with van der Waals surface area (Å²) in [5.41, 5.74) is 2.25. The lowest BCUT2D eigenvalue weighted by Crippen LogP contribution is -2.45. The molecule has 0 bridgehead atoms. The molecule has 3 rings (SSSR count). The van der Waals surface area contributed by atoms with Gasteiger partial charge in [0.1, 0.15) is 12.0 Å². The number of piperazine rings is 1. The number of ether oxygens (including phenoxy) is 2. The normalized spacial score (nSPS) is 20.8. The lowest BCUT2D eigenvalue weighted by atomic mass is 9.95. The van der Waals surface area contributed by atoms with Crippen molar-refractivity contribution in [2.75, 3.05) is 33.0 Å². The quantitative estimate of drug-likeness (QED) is 0.834. The molecular formula is C15H20N2O3. The highest BCUT2D eigenvalue weighted by molar-refractivity contribution is 5.53. The van der Waals surface area contributed by atoms with Gasteiger partial charge < -0.3 is 19.6 Å². The molecule has 1 aromatic rings. The van der Waals surface area contributed by atoms with Gasteiger partial charge in [0.05, 0.1) is 6.61 Å². The van der Waals surface area contributed by atoms with E-state index in [0.717, 1.165) is 49.3 Å². The Morgan fingerprint density at radius 2 is 2.20 bits per heavy atom. The summed E-state index contributed by atoms with van der Waals surface area (Å²) in [6, 6.07) is 6.18. The Bertz CT molecular complexity index is 472. The van der Waals surface area contributed by atoms with E-state index >= 15 is 0 Å². The van der Waals surface area contributed by atoms with Gasteiger partial charge in [0, 0.05) is 44.2 Å². The van der Waals surface area contributed by atoms with Gasteiger partial charge >= 0.3 is 0 Å². The van der Waals surface area contributed by atoms with Crippen LogP contribution in [0.15, 0.2) is 18.2 Å². The SMILES string of the molecule is O=CCC(c1cccc2c1COCO2)N1CCNCC1. The fourth-order valence-corrected chi connectivity index (χ4v) is 2.99. The highest BCUT2D eigenvalue weighted by Gasteiger charge is 2.26. The van der Waals surface area contributed by atoms with E-state index in [2.05, 4.69) is 16.3 Å². The van der Waals surface area contributed by atoms with Crippen molar-refractivity contribution in [2.45, 2.75) is 19.1 Å². The molecule has 2 aliphatic rings. The Morgan fingerprint density at radius 3 is 3.00 bits per heavy atom. The number of nitrogens with one attached hydrogen (secondary N) is 1. The highest BCUT2D eigenvalue weighted by atomic mass is 16.7. The van der Waals surface area contributed by atoms with Gasteiger partial charge in [0.2, 0.25) is 0 Å². The maximum atomic E-state index is 11.1. The van der Waals surface area contributed by atoms with Crippen LogP contribution in [0, 0.1) is 0 Å². The molecule has 20 heavy (non-hydrogen) atoms. The summed E-state index contributed by atoms with van der Waals surface area (Å²) < 4.78 is 10.9. The molecule has 1 fully saturated rings. The van der Waals surface area contributed by atoms with Crippen LogP contribution in [0.4, 0.5) is 0 Å². The van der Waals surface area contributed by atoms with Crippen LogP contribution < -0.4 is 10.1 Å². The second kappa shape index (κ2) is 6.35. The van der Waals surface area contributed by atoms with E-state index in [4.69, 9.17) is 9.47 Å². The molecule has 0 amide bonds. The second-order valence-electron chi connectivity index (χ2n) is 5.14. The van der Waals surface area contributed by atoms with E-state index in [-0.39, 0.29) is 6.04 Å². The first-order valence-corrected chi connectivity index (χ1v) is 7.11. The third-order valence-corrected chi connectivity index (χ3v) is 3.98. The van der Waals surface area contributed by atoms with E-state index in [1.165, 1.54) is 0 Å². The largest absolute Gasteiger partial charge is 0.467 e. The zero-order valence-corrected chi connectivity index (χ0v) is 11.5. The zero-order valence-electron chi connectivity index (χ0n) is 11.5. The predicted octanol–water partition coefficient (Wildman–Crippen LogP) is 1.09. The Labute approximate surface area is 118 Å². The van der Waals surface area contributed by atoms with E-state index in [9.17, 15) is 4.79 Å². The van der Waals surface area contributed by atoms with Gasteiger partial charge in [-0.1, -0.05) is 12.1 Å². The van der Waals surface area contributed by atoms with E-state index in [1.807, 2.05) is 12.1 Å². The van der Waals surface area contributed by atoms with Gasteiger partial charge in [0.15, 0.2) is 6.79 Å². The molecule has 0 radical (unpaired) electrons. The summed E-state index contributed by atoms with van der Waals surface area (Å²) in [6.45, 7) is 4.73. The lowest BCUT2D eigenvalue weighted by Gasteiger charge is -2.36. The number of carbonyl (C=O) groups is 1. The first-order valence-electron chi connectivity index (χ1n) is 7.11. The van der Waals surface area contributed by atoms with Crippen molar-refractivity contribution >= 4 is 6.29 Å². The van der Waals surface area contributed by atoms with Crippen LogP contribution >= 0.6 is 0 Å². The highest BCUT2D eigenvalue weighted by Crippen LogP contribution is 2.34. The Morgan fingerprint density at radius 1 is 1.35 bits per heavy atom. The zero-order chi connectivity index (χ0) is 13.8. The molecule has 5 heteroatoms. The molecule has 1 saturated heterocycles. The third-order valence-electron chi connectivity index (χ3n) is 3.98. The molecule has 0 spiro atoms. The summed E-state index contributed by atoms with van der Waals surface area (Å²) in [4.78, 5) is 13.5. The summed E-state index contributed by atoms with van der Waals surface area (Å²) in [6.07, 6.45) is 1.52. The molecular weight excluding hydrogens is 256 g/mol. The molecule has 2 aliphatic heterocycles. The van der Waals surface area contributed by atoms with Crippen molar-refractivity contribution in [1.82, 2.24) is 10.2 Å². The van der Waals surface area contributed by atoms with E-state index < -0.39 is 0 Å². The van der Waals surface area contributed by atoms with Crippen molar-refractivity contribution in [2.24, 2.45) is 0 Å². The number of hydrogen-bond donors (Lipinski definition) is 1. The van der Waals surface area contributed by atoms with Crippen LogP contribution in [-0.2, 0) is 16.1 Å². The number of hydrogen-bond acceptors (Lipinski definition) is 5. The van der Waals surface area contributed by atoms with Crippen LogP contribution in [-0.4, -0.2) is 44.2 Å². The number of carbonyl (C=O) groups excluding carboxylic acids is 1. The fourth-order valence-electron chi connectivity index (χ4n) is 2.99. The van der Waals surface area contributed by atoms with Crippen molar-refractivity contribution in [3.05, 3.63) is 29.3 Å². The van der Waals surface area contributed by atoms with Gasteiger partial charge in [-0.05, 0) is 11.6 Å². The van der Waals surface area contributed by atoms with E-state index in [0.29, 0.717) is 19.8 Å². The average molecular weight is 276 g/mol. The van der Waals surface area contributed by atoms with Crippen LogP contribution in [0.1, 0.15) is 23.6 Å². The predicted molar refractivity (Wildman–Crippen MR) is 74.6 cm³/mol. The number of nitrogens with zero attached hydrogens (tertiary/aromatic N) is 1. The molecule has 0 aliphatic carbocycles. The Kier molecular flexibility index (Phi) is 4.30. The molecule has 2 heterocycles. The molecule has 1 unspecified atom stereocenters. The van der Waals surface area contributed by atoms with Crippen molar-refractivity contribution < 1.29 is 14.3 Å². The summed E-state index contributed by atoms with van der Waals surface area (Å²) >= 11 is 0. The molecule has 1 aromatic carbocycles. The van der Waals surface area contributed by atoms with Crippen LogP contribution in [0.25, 0.3) is 0 Å². The molecule has 108 valence electrons. The minimum absolute atomic E-state index is 0.120. The smallest absolute Gasteiger partial charge is 0.189 e. The van der Waals surface area contributed by atoms with Gasteiger partial charge in [-0.25, -0.2) is 0 Å². The van der Waals surface area contributed by atoms with Crippen LogP contribution in [0.2, 0.25) is 0 Å². The second-order valence-corrected chi connectivity index (χ2v) is 5.14. The summed E-state index contributed by atoms with van der Waals surface area (Å²) in [5, 5.41) is 3.35. The number of rotatable bonds is 4. The van der Waals surface area contributed by atoms with Crippen LogP contribution in [0.3, 0.4) is 0 Å². The molecule has 0 aromatic heterocycles. The standard InChI is InChI=1S/C15H20N2O3/c18-9-4-14(17-7-5-16-6-8-17)12-2-1-3-15-13(12)10-19-11-20-15/h1-3,9,14,16H,4-8,10-11H2. The van der Waals surface area contributed by atoms with Crippen molar-refractivity contribution in [1.29, 1.82) is 0 Å². The molecule has 1 atom stereocenters. The van der Waals surface area contributed by atoms with Gasteiger partial charge in [-0.15, -0.1) is 0 Å². The van der Waals surface area contributed by atoms with Crippen LogP contribution in [0.5, 0.6) is 5.75 Å². The van der Waals surface area contributed by atoms with Gasteiger partial charge in [0.25, 0.3) is 0 Å². The maximum absolute atomic E-state index is 11.1. The number of aldehydes is 1. The van der Waals surface area contributed by atoms with E-state index in [1.54, 1.807) is 0 Å². The summed E-state index contributed by atoms with van der Waals surface area (Å²) in [5.74, 6) is 0.889. The van der Waals surface area contributed by atoms with Gasteiger partial charge in [-0.2, -0.15) is 0 Å². The van der Waals surface area contributed by atoms with Gasteiger partial charge in [-0.3, -0.25) is 4.90 Å². The number of fused-ring (bicyclic) bond motifs is 1. The Hall–Kier alpha value is -1.43. The molecule has 0 saturated carbocycles. The lowest BCUT2D eigenvalue weighted by molar-refractivity contribution is -0.109. The fraction of sp³-hybridized carbons (Fsp3) is 0.533. The monoisotopic (exact) mass is 276 g/mol. The minimum Gasteiger partial charge on any atom is -0.467 e. The first-order chi connectivity index (χ1) is 9.90. The third kappa shape index (κ3) is 2.70. The topological polar surface area (TPSA) is 50.8 Å². The first kappa shape index (κ1) is 13.5. The molecule has 1 N–H and O–H groups in total. The van der Waals surface area contributed by atoms with Crippen molar-refractivity contribution in [3.8, 4) is 5.75 Å². The Balaban J connectivity index is 1.92. The maximum Gasteiger partial charge on any atom is 0.189 e. The average Bonchev–Trinajstić information content (AvgIpc) is 2.53. The van der Waals surface area contributed by atoms with Crippen molar-refractivity contribution in [3.63, 3.8) is 0 Å². The number of benzene rings is 1.